The summed E-state index contributed by atoms with van der Waals surface area (Å²) >= 11 is 0. The van der Waals surface area contributed by atoms with Crippen LogP contribution in [0.5, 0.6) is 0 Å². The van der Waals surface area contributed by atoms with Crippen molar-refractivity contribution in [2.75, 3.05) is 0 Å². The maximum atomic E-state index is 8.74. The molecule has 0 radical (unpaired) electrons. The first kappa shape index (κ1) is 16.5. The van der Waals surface area contributed by atoms with Crippen LogP contribution >= 0.6 is 0 Å². The van der Waals surface area contributed by atoms with Crippen molar-refractivity contribution in [3.05, 3.63) is 0 Å². The van der Waals surface area contributed by atoms with Crippen molar-refractivity contribution < 1.29 is 59.3 Å². The van der Waals surface area contributed by atoms with Crippen molar-refractivity contribution in [2.45, 2.75) is 0 Å². The molecule has 0 heterocycles. The third kappa shape index (κ3) is 50.6. The zero-order chi connectivity index (χ0) is 4.50. The Hall–Kier alpha value is 2.88. The summed E-state index contributed by atoms with van der Waals surface area (Å²) in [4.78, 5) is 0. The van der Waals surface area contributed by atoms with Crippen LogP contribution in [0, 0.1) is 41.7 Å². The van der Waals surface area contributed by atoms with Crippen LogP contribution in [0.25, 0.3) is 0 Å². The van der Waals surface area contributed by atoms with E-state index in [0.717, 1.165) is 0 Å². The van der Waals surface area contributed by atoms with E-state index in [1.807, 2.05) is 0 Å². The molecule has 7 heteroatoms. The molecule has 4 nitrogen and oxygen atoms in total. The van der Waals surface area contributed by atoms with Crippen LogP contribution in [0.15, 0.2) is 0 Å². The van der Waals surface area contributed by atoms with E-state index in [1.165, 1.54) is 0 Å². The molecule has 7 heavy (non-hydrogen) atoms. The minimum absolute atomic E-state index is 0. The Morgan fingerprint density at radius 1 is 1.14 bits per heavy atom. The van der Waals surface area contributed by atoms with E-state index in [0.29, 0.717) is 0 Å². The fourth-order valence-electron chi connectivity index (χ4n) is 0. The van der Waals surface area contributed by atoms with E-state index in [1.54, 1.807) is 0 Å². The van der Waals surface area contributed by atoms with Gasteiger partial charge in [0.25, 0.3) is 0 Å². The van der Waals surface area contributed by atoms with Crippen LogP contribution in [-0.4, -0.2) is 68.9 Å². The Morgan fingerprint density at radius 2 is 1.14 bits per heavy atom. The summed E-state index contributed by atoms with van der Waals surface area (Å²) in [7, 11) is -4.67. The van der Waals surface area contributed by atoms with Gasteiger partial charge >= 0.3 is 61.8 Å². The van der Waals surface area contributed by atoms with Crippen LogP contribution in [-0.2, 0) is 10.4 Å². The van der Waals surface area contributed by atoms with Gasteiger partial charge in [0.1, 0.15) is 0 Å². The predicted molar refractivity (Wildman–Crippen MR) is 21.3 cm³/mol. The molecule has 0 bridgehead atoms. The van der Waals surface area contributed by atoms with Crippen molar-refractivity contribution in [1.82, 2.24) is 0 Å². The molecule has 0 amide bonds. The quantitative estimate of drug-likeness (QED) is 0.426. The molecule has 0 spiro atoms. The molecule has 0 aromatic heterocycles. The molecule has 0 aliphatic rings. The zero-order valence-electron chi connectivity index (χ0n) is 2.62. The van der Waals surface area contributed by atoms with Gasteiger partial charge in [0.15, 0.2) is 0 Å². The van der Waals surface area contributed by atoms with Gasteiger partial charge in [0, 0.05) is 41.7 Å². The molecule has 0 fully saturated rings. The van der Waals surface area contributed by atoms with Crippen molar-refractivity contribution in [3.63, 3.8) is 0 Å². The number of hydrogen-bond donors (Lipinski definition) is 2. The minimum atomic E-state index is -4.67. The van der Waals surface area contributed by atoms with Gasteiger partial charge in [-0.15, -0.1) is 0 Å². The van der Waals surface area contributed by atoms with E-state index in [2.05, 4.69) is 0 Å². The van der Waals surface area contributed by atoms with Crippen LogP contribution in [0.4, 0.5) is 0 Å². The summed E-state index contributed by atoms with van der Waals surface area (Å²) in [5.74, 6) is 0. The Labute approximate surface area is 118 Å². The molecule has 0 unspecified atom stereocenters. The Bertz CT molecular complexity index is 94.9. The summed E-state index contributed by atoms with van der Waals surface area (Å²) < 4.78 is 31.6. The first-order chi connectivity index (χ1) is 2.00. The number of rotatable bonds is 0. The summed E-state index contributed by atoms with van der Waals surface area (Å²) in [6, 6.07) is 0. The van der Waals surface area contributed by atoms with Crippen molar-refractivity contribution in [1.29, 1.82) is 0 Å². The number of hydrogen-bond acceptors (Lipinski definition) is 2. The van der Waals surface area contributed by atoms with Gasteiger partial charge in [-0.3, -0.25) is 9.11 Å². The van der Waals surface area contributed by atoms with Gasteiger partial charge in [-0.2, -0.15) is 8.42 Å². The Morgan fingerprint density at radius 3 is 1.14 bits per heavy atom. The van der Waals surface area contributed by atoms with Gasteiger partial charge in [-0.05, 0) is 0 Å². The van der Waals surface area contributed by atoms with E-state index in [4.69, 9.17) is 17.5 Å². The third-order valence-electron chi connectivity index (χ3n) is 0. The second-order valence-corrected chi connectivity index (χ2v) is 1.34. The summed E-state index contributed by atoms with van der Waals surface area (Å²) in [5.41, 5.74) is 0. The van der Waals surface area contributed by atoms with Crippen LogP contribution in [0.1, 0.15) is 0 Å². The van der Waals surface area contributed by atoms with Gasteiger partial charge in [0.05, 0.1) is 0 Å². The first-order valence-electron chi connectivity index (χ1n) is 0.698. The van der Waals surface area contributed by atoms with E-state index in [-0.39, 0.29) is 93.1 Å². The summed E-state index contributed by atoms with van der Waals surface area (Å²) in [5, 5.41) is 0. The molecule has 0 rings (SSSR count). The maximum absolute atomic E-state index is 8.74. The zero-order valence-corrected chi connectivity index (χ0v) is 6.58. The third-order valence-corrected chi connectivity index (χ3v) is 0. The van der Waals surface area contributed by atoms with E-state index < -0.39 is 10.4 Å². The predicted octanol–water partition coefficient (Wildman–Crippen LogP) is -1.30. The van der Waals surface area contributed by atoms with Crippen molar-refractivity contribution >= 4 is 61.8 Å². The SMILES string of the molecule is O=S(=O)(O)O.[Ce].[KH]. The molecule has 0 atom stereocenters. The van der Waals surface area contributed by atoms with Gasteiger partial charge < -0.3 is 0 Å². The Kier molecular flexibility index (Phi) is 16.5. The second kappa shape index (κ2) is 7.00. The fourth-order valence-corrected chi connectivity index (χ4v) is 0. The average molecular weight is 278 g/mol. The molecule has 2 N–H and O–H groups in total. The summed E-state index contributed by atoms with van der Waals surface area (Å²) in [6.07, 6.45) is 0. The van der Waals surface area contributed by atoms with Crippen LogP contribution in [0.3, 0.4) is 0 Å². The second-order valence-electron chi connectivity index (χ2n) is 0.448. The molecular formula is H3CeKO4S. The monoisotopic (exact) mass is 278 g/mol. The molecule has 0 saturated heterocycles. The molecular weight excluding hydrogens is 275 g/mol. The normalized spacial score (nSPS) is 8.29. The van der Waals surface area contributed by atoms with Gasteiger partial charge in [-0.1, -0.05) is 0 Å². The van der Waals surface area contributed by atoms with Crippen LogP contribution in [0.2, 0.25) is 0 Å². The standard InChI is InChI=1S/Ce.K.H2O4S.H/c;;1-5(2,3)4;/h;;(H2,1,2,3,4);. The van der Waals surface area contributed by atoms with Gasteiger partial charge in [-0.25, -0.2) is 0 Å². The molecule has 0 aromatic carbocycles. The van der Waals surface area contributed by atoms with Gasteiger partial charge in [0.2, 0.25) is 0 Å². The average Bonchev–Trinajstić information content (AvgIpc) is 0.722. The first-order valence-corrected chi connectivity index (χ1v) is 2.10. The molecule has 0 aliphatic heterocycles. The fraction of sp³-hybridized carbons (Fsp3) is 0. The van der Waals surface area contributed by atoms with E-state index in [9.17, 15) is 0 Å². The van der Waals surface area contributed by atoms with Crippen molar-refractivity contribution in [2.24, 2.45) is 0 Å². The molecule has 38 valence electrons. The van der Waals surface area contributed by atoms with Crippen molar-refractivity contribution in [3.8, 4) is 0 Å². The topological polar surface area (TPSA) is 74.6 Å². The molecule has 0 aliphatic carbocycles. The molecule has 0 aromatic rings. The summed E-state index contributed by atoms with van der Waals surface area (Å²) in [6.45, 7) is 0. The Balaban J connectivity index is -0.0000000800. The van der Waals surface area contributed by atoms with E-state index >= 15 is 0 Å². The van der Waals surface area contributed by atoms with Crippen LogP contribution < -0.4 is 0 Å². The molecule has 0 saturated carbocycles.